The fourth-order valence-electron chi connectivity index (χ4n) is 2.74. The molecule has 2 rings (SSSR count). The molecular weight excluding hydrogens is 311 g/mol. The van der Waals surface area contributed by atoms with Gasteiger partial charge in [-0.1, -0.05) is 19.1 Å². The molecule has 1 heterocycles. The fraction of sp³-hybridized carbons (Fsp3) is 0.556. The zero-order valence-corrected chi connectivity index (χ0v) is 14.3. The molecule has 0 radical (unpaired) electrons. The van der Waals surface area contributed by atoms with Crippen molar-refractivity contribution in [1.82, 2.24) is 10.2 Å². The van der Waals surface area contributed by atoms with E-state index in [1.807, 2.05) is 0 Å². The SMILES string of the molecule is CCC(=O)N(Cc1ccc(F)cc1)[C@@H](C)C(=O)NC[C@H]1CCCO1. The van der Waals surface area contributed by atoms with Crippen LogP contribution in [0.25, 0.3) is 0 Å². The summed E-state index contributed by atoms with van der Waals surface area (Å²) in [6.45, 7) is 4.95. The molecule has 1 aromatic rings. The molecule has 132 valence electrons. The Bertz CT molecular complexity index is 556. The molecule has 6 heteroatoms. The van der Waals surface area contributed by atoms with Crippen LogP contribution in [0.4, 0.5) is 4.39 Å². The number of benzene rings is 1. The second kappa shape index (κ2) is 8.78. The summed E-state index contributed by atoms with van der Waals surface area (Å²) in [6.07, 6.45) is 2.33. The van der Waals surface area contributed by atoms with Crippen molar-refractivity contribution in [3.8, 4) is 0 Å². The number of ether oxygens (including phenoxy) is 1. The molecule has 2 atom stereocenters. The lowest BCUT2D eigenvalue weighted by Gasteiger charge is -2.28. The van der Waals surface area contributed by atoms with Crippen LogP contribution in [0.2, 0.25) is 0 Å². The molecule has 1 N–H and O–H groups in total. The minimum absolute atomic E-state index is 0.0635. The van der Waals surface area contributed by atoms with Gasteiger partial charge in [0, 0.05) is 26.1 Å². The van der Waals surface area contributed by atoms with Crippen LogP contribution in [0.1, 0.15) is 38.7 Å². The van der Waals surface area contributed by atoms with Crippen LogP contribution in [0.3, 0.4) is 0 Å². The Morgan fingerprint density at radius 1 is 1.38 bits per heavy atom. The summed E-state index contributed by atoms with van der Waals surface area (Å²) in [5.74, 6) is -0.636. The molecule has 0 spiro atoms. The third kappa shape index (κ3) is 5.03. The normalized spacial score (nSPS) is 18.2. The second-order valence-corrected chi connectivity index (χ2v) is 6.06. The maximum Gasteiger partial charge on any atom is 0.242 e. The van der Waals surface area contributed by atoms with E-state index in [0.29, 0.717) is 13.0 Å². The van der Waals surface area contributed by atoms with Gasteiger partial charge in [-0.2, -0.15) is 0 Å². The van der Waals surface area contributed by atoms with Gasteiger partial charge in [-0.25, -0.2) is 4.39 Å². The van der Waals surface area contributed by atoms with Crippen LogP contribution >= 0.6 is 0 Å². The molecule has 1 aliphatic rings. The maximum atomic E-state index is 13.0. The molecule has 1 aliphatic heterocycles. The average Bonchev–Trinajstić information content (AvgIpc) is 3.11. The first-order valence-corrected chi connectivity index (χ1v) is 8.44. The van der Waals surface area contributed by atoms with E-state index in [2.05, 4.69) is 5.32 Å². The summed E-state index contributed by atoms with van der Waals surface area (Å²) in [5, 5.41) is 2.86. The third-order valence-electron chi connectivity index (χ3n) is 4.26. The molecule has 0 bridgehead atoms. The number of carbonyl (C=O) groups is 2. The maximum absolute atomic E-state index is 13.0. The highest BCUT2D eigenvalue weighted by Crippen LogP contribution is 2.13. The molecular formula is C18H25FN2O3. The lowest BCUT2D eigenvalue weighted by atomic mass is 10.1. The van der Waals surface area contributed by atoms with E-state index in [0.717, 1.165) is 25.0 Å². The van der Waals surface area contributed by atoms with Gasteiger partial charge in [0.25, 0.3) is 0 Å². The Morgan fingerprint density at radius 3 is 2.67 bits per heavy atom. The summed E-state index contributed by atoms with van der Waals surface area (Å²) >= 11 is 0. The largest absolute Gasteiger partial charge is 0.376 e. The quantitative estimate of drug-likeness (QED) is 0.831. The van der Waals surface area contributed by atoms with Gasteiger partial charge < -0.3 is 15.0 Å². The average molecular weight is 336 g/mol. The summed E-state index contributed by atoms with van der Waals surface area (Å²) in [6, 6.07) is 5.37. The van der Waals surface area contributed by atoms with E-state index in [-0.39, 0.29) is 30.3 Å². The van der Waals surface area contributed by atoms with Crippen LogP contribution in [-0.4, -0.2) is 42.0 Å². The highest BCUT2D eigenvalue weighted by Gasteiger charge is 2.26. The first-order chi connectivity index (χ1) is 11.5. The van der Waals surface area contributed by atoms with E-state index in [1.165, 1.54) is 17.0 Å². The first kappa shape index (κ1) is 18.4. The van der Waals surface area contributed by atoms with Crippen molar-refractivity contribution in [3.63, 3.8) is 0 Å². The summed E-state index contributed by atoms with van der Waals surface area (Å²) in [4.78, 5) is 26.1. The van der Waals surface area contributed by atoms with Gasteiger partial charge in [0.2, 0.25) is 11.8 Å². The van der Waals surface area contributed by atoms with Crippen LogP contribution in [-0.2, 0) is 20.9 Å². The van der Waals surface area contributed by atoms with E-state index in [1.54, 1.807) is 26.0 Å². The van der Waals surface area contributed by atoms with Crippen molar-refractivity contribution in [3.05, 3.63) is 35.6 Å². The topological polar surface area (TPSA) is 58.6 Å². The summed E-state index contributed by atoms with van der Waals surface area (Å²) < 4.78 is 18.5. The van der Waals surface area contributed by atoms with Crippen molar-refractivity contribution in [2.24, 2.45) is 0 Å². The molecule has 0 unspecified atom stereocenters. The lowest BCUT2D eigenvalue weighted by molar-refractivity contribution is -0.140. The molecule has 0 saturated carbocycles. The predicted molar refractivity (Wildman–Crippen MR) is 88.7 cm³/mol. The van der Waals surface area contributed by atoms with Crippen LogP contribution < -0.4 is 5.32 Å². The van der Waals surface area contributed by atoms with E-state index in [4.69, 9.17) is 4.74 Å². The minimum atomic E-state index is -0.594. The monoisotopic (exact) mass is 336 g/mol. The molecule has 1 aromatic carbocycles. The lowest BCUT2D eigenvalue weighted by Crippen LogP contribution is -2.48. The Morgan fingerprint density at radius 2 is 2.08 bits per heavy atom. The second-order valence-electron chi connectivity index (χ2n) is 6.06. The molecule has 0 aliphatic carbocycles. The number of rotatable bonds is 7. The van der Waals surface area contributed by atoms with Crippen molar-refractivity contribution >= 4 is 11.8 Å². The first-order valence-electron chi connectivity index (χ1n) is 8.44. The number of nitrogens with zero attached hydrogens (tertiary/aromatic N) is 1. The van der Waals surface area contributed by atoms with Crippen LogP contribution in [0, 0.1) is 5.82 Å². The van der Waals surface area contributed by atoms with Gasteiger partial charge >= 0.3 is 0 Å². The number of halogens is 1. The highest BCUT2D eigenvalue weighted by molar-refractivity contribution is 5.87. The van der Waals surface area contributed by atoms with Gasteiger partial charge in [0.15, 0.2) is 0 Å². The Balaban J connectivity index is 1.98. The molecule has 1 fully saturated rings. The van der Waals surface area contributed by atoms with Gasteiger partial charge in [0.05, 0.1) is 6.10 Å². The molecule has 5 nitrogen and oxygen atoms in total. The van der Waals surface area contributed by atoms with E-state index < -0.39 is 6.04 Å². The number of nitrogens with one attached hydrogen (secondary N) is 1. The van der Waals surface area contributed by atoms with Crippen molar-refractivity contribution in [2.75, 3.05) is 13.2 Å². The van der Waals surface area contributed by atoms with Crippen molar-refractivity contribution in [2.45, 2.75) is 51.8 Å². The van der Waals surface area contributed by atoms with Crippen molar-refractivity contribution < 1.29 is 18.7 Å². The minimum Gasteiger partial charge on any atom is -0.376 e. The molecule has 0 aromatic heterocycles. The highest BCUT2D eigenvalue weighted by atomic mass is 19.1. The number of carbonyl (C=O) groups excluding carboxylic acids is 2. The Labute approximate surface area is 142 Å². The Kier molecular flexibility index (Phi) is 6.73. The summed E-state index contributed by atoms with van der Waals surface area (Å²) in [5.41, 5.74) is 0.789. The predicted octanol–water partition coefficient (Wildman–Crippen LogP) is 2.25. The van der Waals surface area contributed by atoms with Gasteiger partial charge in [0.1, 0.15) is 11.9 Å². The molecule has 24 heavy (non-hydrogen) atoms. The number of hydrogen-bond donors (Lipinski definition) is 1. The van der Waals surface area contributed by atoms with E-state index in [9.17, 15) is 14.0 Å². The Hall–Kier alpha value is -1.95. The van der Waals surface area contributed by atoms with Gasteiger partial charge in [-0.3, -0.25) is 9.59 Å². The zero-order valence-electron chi connectivity index (χ0n) is 14.3. The van der Waals surface area contributed by atoms with Gasteiger partial charge in [-0.05, 0) is 37.5 Å². The third-order valence-corrected chi connectivity index (χ3v) is 4.26. The number of amides is 2. The van der Waals surface area contributed by atoms with E-state index >= 15 is 0 Å². The van der Waals surface area contributed by atoms with Crippen LogP contribution in [0.5, 0.6) is 0 Å². The smallest absolute Gasteiger partial charge is 0.242 e. The van der Waals surface area contributed by atoms with Gasteiger partial charge in [-0.15, -0.1) is 0 Å². The molecule has 1 saturated heterocycles. The zero-order chi connectivity index (χ0) is 17.5. The molecule has 2 amide bonds. The standard InChI is InChI=1S/C18H25FN2O3/c1-3-17(22)21(12-14-6-8-15(19)9-7-14)13(2)18(23)20-11-16-5-4-10-24-16/h6-9,13,16H,3-5,10-12H2,1-2H3,(H,20,23)/t13-,16+/m0/s1. The number of hydrogen-bond acceptors (Lipinski definition) is 3. The fourth-order valence-corrected chi connectivity index (χ4v) is 2.74. The van der Waals surface area contributed by atoms with Crippen molar-refractivity contribution in [1.29, 1.82) is 0 Å². The van der Waals surface area contributed by atoms with Crippen LogP contribution in [0.15, 0.2) is 24.3 Å². The summed E-state index contributed by atoms with van der Waals surface area (Å²) in [7, 11) is 0.